The van der Waals surface area contributed by atoms with Crippen molar-refractivity contribution in [1.82, 2.24) is 19.3 Å². The number of nitrogens with zero attached hydrogens (tertiary/aromatic N) is 4. The summed E-state index contributed by atoms with van der Waals surface area (Å²) in [6, 6.07) is 16.1. The Morgan fingerprint density at radius 2 is 1.90 bits per heavy atom. The van der Waals surface area contributed by atoms with Crippen LogP contribution in [-0.2, 0) is 17.9 Å². The zero-order valence-electron chi connectivity index (χ0n) is 17.4. The molecule has 0 saturated carbocycles. The molecule has 1 amide bonds. The summed E-state index contributed by atoms with van der Waals surface area (Å²) in [5.74, 6) is 1.06. The molecule has 0 aliphatic rings. The van der Waals surface area contributed by atoms with Gasteiger partial charge in [0.05, 0.1) is 5.75 Å². The topological polar surface area (TPSA) is 64.7 Å². The minimum atomic E-state index is -0.0552. The van der Waals surface area contributed by atoms with Gasteiger partial charge in [0, 0.05) is 41.4 Å². The lowest BCUT2D eigenvalue weighted by Crippen LogP contribution is -2.14. The quantitative estimate of drug-likeness (QED) is 0.429. The minimum absolute atomic E-state index is 0.0552. The van der Waals surface area contributed by atoms with Crippen molar-refractivity contribution in [2.45, 2.75) is 39.0 Å². The molecule has 2 heterocycles. The number of anilines is 1. The molecule has 0 unspecified atom stereocenters. The third kappa shape index (κ3) is 3.98. The van der Waals surface area contributed by atoms with Crippen LogP contribution in [0, 0.1) is 6.92 Å². The van der Waals surface area contributed by atoms with Gasteiger partial charge >= 0.3 is 0 Å². The Hall–Kier alpha value is -3.06. The fourth-order valence-corrected chi connectivity index (χ4v) is 4.42. The summed E-state index contributed by atoms with van der Waals surface area (Å²) in [6.45, 7) is 7.83. The van der Waals surface area contributed by atoms with Gasteiger partial charge in [-0.1, -0.05) is 42.1 Å². The van der Waals surface area contributed by atoms with E-state index in [1.807, 2.05) is 37.3 Å². The summed E-state index contributed by atoms with van der Waals surface area (Å²) in [6.07, 6.45) is 2.14. The van der Waals surface area contributed by atoms with E-state index < -0.39 is 0 Å². The Labute approximate surface area is 180 Å². The summed E-state index contributed by atoms with van der Waals surface area (Å²) in [5, 5.41) is 13.7. The number of hydrogen-bond donors (Lipinski definition) is 1. The smallest absolute Gasteiger partial charge is 0.234 e. The maximum Gasteiger partial charge on any atom is 0.234 e. The van der Waals surface area contributed by atoms with Crippen molar-refractivity contribution in [2.24, 2.45) is 0 Å². The predicted octanol–water partition coefficient (Wildman–Crippen LogP) is 4.98. The average Bonchev–Trinajstić information content (AvgIpc) is 3.32. The van der Waals surface area contributed by atoms with Crippen LogP contribution >= 0.6 is 11.8 Å². The lowest BCUT2D eigenvalue weighted by molar-refractivity contribution is -0.113. The summed E-state index contributed by atoms with van der Waals surface area (Å²) >= 11 is 1.41. The van der Waals surface area contributed by atoms with Gasteiger partial charge in [-0.05, 0) is 44.5 Å². The molecule has 1 N–H and O–H groups in total. The second-order valence-electron chi connectivity index (χ2n) is 7.10. The SMILES string of the molecule is CCn1c(SCC(=O)Nc2cccc(C)c2)nnc1-c1cn(CC)c2ccccc12. The summed E-state index contributed by atoms with van der Waals surface area (Å²) in [7, 11) is 0. The van der Waals surface area contributed by atoms with Gasteiger partial charge < -0.3 is 14.5 Å². The van der Waals surface area contributed by atoms with Crippen molar-refractivity contribution in [1.29, 1.82) is 0 Å². The number of aryl methyl sites for hydroxylation is 2. The molecule has 0 spiro atoms. The zero-order valence-corrected chi connectivity index (χ0v) is 18.2. The van der Waals surface area contributed by atoms with Crippen LogP contribution < -0.4 is 5.32 Å². The highest BCUT2D eigenvalue weighted by Gasteiger charge is 2.18. The second-order valence-corrected chi connectivity index (χ2v) is 8.05. The number of thioether (sulfide) groups is 1. The summed E-state index contributed by atoms with van der Waals surface area (Å²) < 4.78 is 4.30. The molecule has 2 aromatic heterocycles. The van der Waals surface area contributed by atoms with E-state index in [1.165, 1.54) is 17.3 Å². The molecule has 154 valence electrons. The molecule has 2 aromatic carbocycles. The zero-order chi connectivity index (χ0) is 21.1. The van der Waals surface area contributed by atoms with Crippen LogP contribution in [0.1, 0.15) is 19.4 Å². The molecular weight excluding hydrogens is 394 g/mol. The maximum absolute atomic E-state index is 12.4. The van der Waals surface area contributed by atoms with Crippen LogP contribution in [0.15, 0.2) is 59.9 Å². The standard InChI is InChI=1S/C23H25N5OS/c1-4-27-14-19(18-11-6-7-12-20(18)27)22-25-26-23(28(22)5-2)30-15-21(29)24-17-10-8-9-16(3)13-17/h6-14H,4-5,15H2,1-3H3,(H,24,29). The largest absolute Gasteiger partial charge is 0.347 e. The predicted molar refractivity (Wildman–Crippen MR) is 123 cm³/mol. The lowest BCUT2D eigenvalue weighted by Gasteiger charge is -2.08. The van der Waals surface area contributed by atoms with Crippen molar-refractivity contribution in [3.63, 3.8) is 0 Å². The molecule has 30 heavy (non-hydrogen) atoms. The molecule has 4 rings (SSSR count). The Balaban J connectivity index is 1.55. The van der Waals surface area contributed by atoms with Crippen molar-refractivity contribution in [3.8, 4) is 11.4 Å². The van der Waals surface area contributed by atoms with Gasteiger partial charge in [-0.25, -0.2) is 0 Å². The highest BCUT2D eigenvalue weighted by atomic mass is 32.2. The van der Waals surface area contributed by atoms with Crippen LogP contribution in [0.3, 0.4) is 0 Å². The van der Waals surface area contributed by atoms with Gasteiger partial charge in [0.1, 0.15) is 0 Å². The Bertz CT molecular complexity index is 1190. The van der Waals surface area contributed by atoms with E-state index in [2.05, 4.69) is 62.9 Å². The number of fused-ring (bicyclic) bond motifs is 1. The minimum Gasteiger partial charge on any atom is -0.347 e. The van der Waals surface area contributed by atoms with Gasteiger partial charge in [-0.15, -0.1) is 10.2 Å². The number of rotatable bonds is 7. The highest BCUT2D eigenvalue weighted by molar-refractivity contribution is 7.99. The van der Waals surface area contributed by atoms with Crippen LogP contribution in [0.5, 0.6) is 0 Å². The number of benzene rings is 2. The third-order valence-electron chi connectivity index (χ3n) is 5.04. The Morgan fingerprint density at radius 3 is 2.67 bits per heavy atom. The van der Waals surface area contributed by atoms with E-state index in [4.69, 9.17) is 0 Å². The Morgan fingerprint density at radius 1 is 1.07 bits per heavy atom. The van der Waals surface area contributed by atoms with Crippen molar-refractivity contribution in [2.75, 3.05) is 11.1 Å². The Kier molecular flexibility index (Phi) is 5.90. The first-order chi connectivity index (χ1) is 14.6. The van der Waals surface area contributed by atoms with Crippen molar-refractivity contribution in [3.05, 3.63) is 60.3 Å². The number of carbonyl (C=O) groups is 1. The molecule has 0 atom stereocenters. The molecule has 6 nitrogen and oxygen atoms in total. The van der Waals surface area contributed by atoms with Crippen LogP contribution in [0.25, 0.3) is 22.3 Å². The monoisotopic (exact) mass is 419 g/mol. The summed E-state index contributed by atoms with van der Waals surface area (Å²) in [4.78, 5) is 12.4. The van der Waals surface area contributed by atoms with Gasteiger partial charge in [0.15, 0.2) is 11.0 Å². The molecule has 0 bridgehead atoms. The highest BCUT2D eigenvalue weighted by Crippen LogP contribution is 2.31. The molecule has 0 aliphatic carbocycles. The molecule has 0 aliphatic heterocycles. The molecule has 0 radical (unpaired) electrons. The van der Waals surface area contributed by atoms with E-state index in [-0.39, 0.29) is 11.7 Å². The van der Waals surface area contributed by atoms with E-state index in [9.17, 15) is 4.79 Å². The number of amides is 1. The van der Waals surface area contributed by atoms with Crippen LogP contribution in [0.2, 0.25) is 0 Å². The molecule has 0 saturated heterocycles. The van der Waals surface area contributed by atoms with E-state index in [1.54, 1.807) is 0 Å². The van der Waals surface area contributed by atoms with Gasteiger partial charge in [0.2, 0.25) is 5.91 Å². The van der Waals surface area contributed by atoms with E-state index in [0.717, 1.165) is 46.3 Å². The summed E-state index contributed by atoms with van der Waals surface area (Å²) in [5.41, 5.74) is 4.18. The van der Waals surface area contributed by atoms with Gasteiger partial charge in [-0.3, -0.25) is 4.79 Å². The fraction of sp³-hybridized carbons (Fsp3) is 0.261. The lowest BCUT2D eigenvalue weighted by atomic mass is 10.1. The van der Waals surface area contributed by atoms with E-state index >= 15 is 0 Å². The van der Waals surface area contributed by atoms with Crippen molar-refractivity contribution < 1.29 is 4.79 Å². The molecular formula is C23H25N5OS. The first kappa shape index (κ1) is 20.2. The number of carbonyl (C=O) groups excluding carboxylic acids is 1. The number of aromatic nitrogens is 4. The number of hydrogen-bond acceptors (Lipinski definition) is 4. The van der Waals surface area contributed by atoms with Crippen molar-refractivity contribution >= 4 is 34.3 Å². The normalized spacial score (nSPS) is 11.2. The first-order valence-electron chi connectivity index (χ1n) is 10.1. The maximum atomic E-state index is 12.4. The fourth-order valence-electron chi connectivity index (χ4n) is 3.62. The number of para-hydroxylation sites is 1. The number of nitrogens with one attached hydrogen (secondary N) is 1. The first-order valence-corrected chi connectivity index (χ1v) is 11.1. The second kappa shape index (κ2) is 8.75. The average molecular weight is 420 g/mol. The van der Waals surface area contributed by atoms with Crippen LogP contribution in [0.4, 0.5) is 5.69 Å². The molecule has 4 aromatic rings. The molecule has 0 fully saturated rings. The third-order valence-corrected chi connectivity index (χ3v) is 6.00. The molecule has 7 heteroatoms. The van der Waals surface area contributed by atoms with E-state index in [0.29, 0.717) is 0 Å². The van der Waals surface area contributed by atoms with Gasteiger partial charge in [0.25, 0.3) is 0 Å². The van der Waals surface area contributed by atoms with Crippen LogP contribution in [-0.4, -0.2) is 31.0 Å². The van der Waals surface area contributed by atoms with Gasteiger partial charge in [-0.2, -0.15) is 0 Å².